The Morgan fingerprint density at radius 2 is 1.66 bits per heavy atom. The molecule has 0 aliphatic carbocycles. The lowest BCUT2D eigenvalue weighted by Crippen LogP contribution is -2.28. The number of methoxy groups -OCH3 is 2. The summed E-state index contributed by atoms with van der Waals surface area (Å²) in [6, 6.07) is 17.1. The normalized spacial score (nSPS) is 11.9. The van der Waals surface area contributed by atoms with Crippen LogP contribution < -0.4 is 14.8 Å². The highest BCUT2D eigenvalue weighted by Gasteiger charge is 2.20. The highest BCUT2D eigenvalue weighted by Crippen LogP contribution is 2.27. The predicted octanol–water partition coefficient (Wildman–Crippen LogP) is 4.53. The van der Waals surface area contributed by atoms with Crippen LogP contribution in [0.2, 0.25) is 0 Å². The van der Waals surface area contributed by atoms with E-state index in [0.717, 1.165) is 29.0 Å². The molecule has 0 saturated heterocycles. The maximum absolute atomic E-state index is 13.4. The highest BCUT2D eigenvalue weighted by atomic mass is 16.5. The number of hydrogen-bond donors (Lipinski definition) is 1. The third-order valence-electron chi connectivity index (χ3n) is 5.57. The van der Waals surface area contributed by atoms with Crippen molar-refractivity contribution in [1.82, 2.24) is 20.1 Å². The fraction of sp³-hybridized carbons (Fsp3) is 0.240. The predicted molar refractivity (Wildman–Crippen MR) is 124 cm³/mol. The lowest BCUT2D eigenvalue weighted by Gasteiger charge is -2.18. The number of fused-ring (bicyclic) bond motifs is 1. The third kappa shape index (κ3) is 4.14. The minimum atomic E-state index is -0.164. The molecule has 0 aliphatic heterocycles. The number of pyridine rings is 1. The number of rotatable bonds is 7. The van der Waals surface area contributed by atoms with Crippen LogP contribution in [0.3, 0.4) is 0 Å². The number of aryl methyl sites for hydroxylation is 1. The van der Waals surface area contributed by atoms with Crippen LogP contribution in [0.15, 0.2) is 60.8 Å². The molecule has 4 rings (SSSR count). The quantitative estimate of drug-likeness (QED) is 0.466. The summed E-state index contributed by atoms with van der Waals surface area (Å²) >= 11 is 0. The summed E-state index contributed by atoms with van der Waals surface area (Å²) in [6.45, 7) is 2.05. The Hall–Kier alpha value is -3.87. The van der Waals surface area contributed by atoms with Crippen molar-refractivity contribution in [2.45, 2.75) is 19.4 Å². The molecule has 0 bridgehead atoms. The highest BCUT2D eigenvalue weighted by molar-refractivity contribution is 6.06. The van der Waals surface area contributed by atoms with Crippen molar-refractivity contribution in [2.75, 3.05) is 14.2 Å². The molecule has 2 aromatic carbocycles. The van der Waals surface area contributed by atoms with E-state index in [2.05, 4.69) is 10.4 Å². The number of benzene rings is 2. The van der Waals surface area contributed by atoms with Gasteiger partial charge < -0.3 is 14.8 Å². The fourth-order valence-electron chi connectivity index (χ4n) is 3.71. The Morgan fingerprint density at radius 3 is 2.25 bits per heavy atom. The number of hydrogen-bond acceptors (Lipinski definition) is 5. The van der Waals surface area contributed by atoms with E-state index in [4.69, 9.17) is 14.5 Å². The molecular formula is C25H26N4O3. The minimum absolute atomic E-state index is 0.127. The average Bonchev–Trinajstić information content (AvgIpc) is 3.22. The van der Waals surface area contributed by atoms with Crippen molar-refractivity contribution in [3.8, 4) is 22.8 Å². The van der Waals surface area contributed by atoms with E-state index in [0.29, 0.717) is 22.3 Å². The molecule has 0 spiro atoms. The molecule has 1 atom stereocenters. The SMILES string of the molecule is CC[C@H](NC(=O)c1cc(-c2ccc(OC)cc2)nc2c1cnn2C)c1ccc(OC)cc1. The first-order valence-corrected chi connectivity index (χ1v) is 10.5. The second-order valence-corrected chi connectivity index (χ2v) is 7.50. The van der Waals surface area contributed by atoms with Crippen molar-refractivity contribution in [3.05, 3.63) is 71.9 Å². The van der Waals surface area contributed by atoms with E-state index in [1.165, 1.54) is 0 Å². The van der Waals surface area contributed by atoms with Crippen LogP contribution >= 0.6 is 0 Å². The van der Waals surface area contributed by atoms with Crippen LogP contribution in [0.5, 0.6) is 11.5 Å². The number of nitrogens with one attached hydrogen (secondary N) is 1. The van der Waals surface area contributed by atoms with Gasteiger partial charge in [-0.3, -0.25) is 9.48 Å². The Bertz CT molecular complexity index is 1230. The second-order valence-electron chi connectivity index (χ2n) is 7.50. The van der Waals surface area contributed by atoms with Gasteiger partial charge in [-0.05, 0) is 54.4 Å². The maximum atomic E-state index is 13.4. The second kappa shape index (κ2) is 9.09. The van der Waals surface area contributed by atoms with E-state index in [1.54, 1.807) is 25.1 Å². The fourth-order valence-corrected chi connectivity index (χ4v) is 3.71. The Labute approximate surface area is 187 Å². The van der Waals surface area contributed by atoms with Gasteiger partial charge in [0.1, 0.15) is 11.5 Å². The van der Waals surface area contributed by atoms with Crippen molar-refractivity contribution >= 4 is 16.9 Å². The zero-order valence-corrected chi connectivity index (χ0v) is 18.6. The van der Waals surface area contributed by atoms with Crippen molar-refractivity contribution in [1.29, 1.82) is 0 Å². The van der Waals surface area contributed by atoms with Gasteiger partial charge in [0.25, 0.3) is 5.91 Å². The summed E-state index contributed by atoms with van der Waals surface area (Å²) in [5, 5.41) is 8.20. The van der Waals surface area contributed by atoms with Gasteiger partial charge in [0.15, 0.2) is 5.65 Å². The van der Waals surface area contributed by atoms with Gasteiger partial charge in [-0.25, -0.2) is 4.98 Å². The molecular weight excluding hydrogens is 404 g/mol. The van der Waals surface area contributed by atoms with Gasteiger partial charge in [-0.2, -0.15) is 5.10 Å². The van der Waals surface area contributed by atoms with Gasteiger partial charge in [-0.1, -0.05) is 19.1 Å². The molecule has 0 unspecified atom stereocenters. The van der Waals surface area contributed by atoms with Crippen LogP contribution in [-0.2, 0) is 7.05 Å². The molecule has 0 aliphatic rings. The molecule has 0 saturated carbocycles. The van der Waals surface area contributed by atoms with Crippen LogP contribution in [0.1, 0.15) is 35.3 Å². The maximum Gasteiger partial charge on any atom is 0.252 e. The van der Waals surface area contributed by atoms with Gasteiger partial charge in [0.05, 0.1) is 43.1 Å². The summed E-state index contributed by atoms with van der Waals surface area (Å²) in [5.41, 5.74) is 3.81. The average molecular weight is 431 g/mol. The third-order valence-corrected chi connectivity index (χ3v) is 5.57. The molecule has 1 N–H and O–H groups in total. The van der Waals surface area contributed by atoms with Crippen LogP contribution in [0.4, 0.5) is 0 Å². The molecule has 2 heterocycles. The largest absolute Gasteiger partial charge is 0.497 e. The monoisotopic (exact) mass is 430 g/mol. The number of ether oxygens (including phenoxy) is 2. The minimum Gasteiger partial charge on any atom is -0.497 e. The molecule has 0 fully saturated rings. The zero-order chi connectivity index (χ0) is 22.7. The molecule has 7 heteroatoms. The molecule has 1 amide bonds. The van der Waals surface area contributed by atoms with E-state index in [1.807, 2.05) is 68.6 Å². The topological polar surface area (TPSA) is 78.3 Å². The van der Waals surface area contributed by atoms with Crippen molar-refractivity contribution in [2.24, 2.45) is 7.05 Å². The number of carbonyl (C=O) groups is 1. The van der Waals surface area contributed by atoms with E-state index < -0.39 is 0 Å². The van der Waals surface area contributed by atoms with Crippen LogP contribution in [-0.4, -0.2) is 34.9 Å². The molecule has 0 radical (unpaired) electrons. The lowest BCUT2D eigenvalue weighted by molar-refractivity contribution is 0.0937. The first-order valence-electron chi connectivity index (χ1n) is 10.5. The Kier molecular flexibility index (Phi) is 6.07. The standard InChI is InChI=1S/C25H26N4O3/c1-5-22(16-6-10-18(31-3)11-7-16)28-25(30)20-14-23(17-8-12-19(32-4)13-9-17)27-24-21(20)15-26-29(24)2/h6-15,22H,5H2,1-4H3,(H,28,30)/t22-/m0/s1. The number of amides is 1. The van der Waals surface area contributed by atoms with E-state index >= 15 is 0 Å². The Balaban J connectivity index is 1.70. The summed E-state index contributed by atoms with van der Waals surface area (Å²) in [4.78, 5) is 18.1. The zero-order valence-electron chi connectivity index (χ0n) is 18.6. The van der Waals surface area contributed by atoms with Gasteiger partial charge in [0.2, 0.25) is 0 Å². The van der Waals surface area contributed by atoms with Crippen LogP contribution in [0.25, 0.3) is 22.3 Å². The molecule has 32 heavy (non-hydrogen) atoms. The summed E-state index contributed by atoms with van der Waals surface area (Å²) in [6.07, 6.45) is 2.44. The van der Waals surface area contributed by atoms with Crippen LogP contribution in [0, 0.1) is 0 Å². The van der Waals surface area contributed by atoms with Crippen molar-refractivity contribution < 1.29 is 14.3 Å². The molecule has 4 aromatic rings. The number of aromatic nitrogens is 3. The number of carbonyl (C=O) groups excluding carboxylic acids is 1. The first-order chi connectivity index (χ1) is 15.5. The Morgan fingerprint density at radius 1 is 1.03 bits per heavy atom. The van der Waals surface area contributed by atoms with Crippen molar-refractivity contribution in [3.63, 3.8) is 0 Å². The molecule has 7 nitrogen and oxygen atoms in total. The molecule has 164 valence electrons. The summed E-state index contributed by atoms with van der Waals surface area (Å²) in [5.74, 6) is 1.38. The smallest absolute Gasteiger partial charge is 0.252 e. The van der Waals surface area contributed by atoms with E-state index in [9.17, 15) is 4.79 Å². The lowest BCUT2D eigenvalue weighted by atomic mass is 10.0. The number of nitrogens with zero attached hydrogens (tertiary/aromatic N) is 3. The molecule has 2 aromatic heterocycles. The summed E-state index contributed by atoms with van der Waals surface area (Å²) < 4.78 is 12.2. The van der Waals surface area contributed by atoms with Gasteiger partial charge in [0, 0.05) is 12.6 Å². The van der Waals surface area contributed by atoms with E-state index in [-0.39, 0.29) is 11.9 Å². The van der Waals surface area contributed by atoms with Gasteiger partial charge >= 0.3 is 0 Å². The first kappa shape index (κ1) is 21.4. The van der Waals surface area contributed by atoms with Gasteiger partial charge in [-0.15, -0.1) is 0 Å². The summed E-state index contributed by atoms with van der Waals surface area (Å²) in [7, 11) is 5.09.